The maximum atomic E-state index is 5.54. The average Bonchev–Trinajstić information content (AvgIpc) is 3.50. The molecule has 0 amide bonds. The van der Waals surface area contributed by atoms with Gasteiger partial charge in [0.15, 0.2) is 0 Å². The van der Waals surface area contributed by atoms with Crippen LogP contribution in [0.25, 0.3) is 0 Å². The normalized spacial score (nSPS) is 40.3. The van der Waals surface area contributed by atoms with Gasteiger partial charge in [-0.3, -0.25) is 9.80 Å². The van der Waals surface area contributed by atoms with E-state index >= 15 is 0 Å². The zero-order valence-corrected chi connectivity index (χ0v) is 18.9. The van der Waals surface area contributed by atoms with Gasteiger partial charge in [0.25, 0.3) is 0 Å². The fourth-order valence-corrected chi connectivity index (χ4v) is 5.59. The fraction of sp³-hybridized carbons (Fsp3) is 1.00. The Morgan fingerprint density at radius 2 is 1.17 bits per heavy atom. The summed E-state index contributed by atoms with van der Waals surface area (Å²) >= 11 is 0. The molecule has 4 aliphatic heterocycles. The van der Waals surface area contributed by atoms with Gasteiger partial charge in [0.2, 0.25) is 0 Å². The van der Waals surface area contributed by atoms with Gasteiger partial charge in [-0.1, -0.05) is 19.8 Å². The Morgan fingerprint density at radius 3 is 1.70 bits per heavy atom. The predicted molar refractivity (Wildman–Crippen MR) is 116 cm³/mol. The van der Waals surface area contributed by atoms with Gasteiger partial charge in [-0.05, 0) is 50.0 Å². The molecule has 7 atom stereocenters. The van der Waals surface area contributed by atoms with E-state index in [1.807, 2.05) is 0 Å². The smallest absolute Gasteiger partial charge is 0.0936 e. The first-order chi connectivity index (χ1) is 14.7. The minimum atomic E-state index is 0.482. The molecule has 0 aromatic carbocycles. The molecule has 4 heterocycles. The second kappa shape index (κ2) is 10.1. The second-order valence-electron chi connectivity index (χ2n) is 10.8. The van der Waals surface area contributed by atoms with E-state index in [2.05, 4.69) is 16.7 Å². The van der Waals surface area contributed by atoms with Crippen LogP contribution in [0, 0.1) is 17.8 Å². The van der Waals surface area contributed by atoms with Crippen molar-refractivity contribution in [1.82, 2.24) is 9.80 Å². The van der Waals surface area contributed by atoms with Crippen LogP contribution in [0.4, 0.5) is 0 Å². The van der Waals surface area contributed by atoms with Gasteiger partial charge in [0.05, 0.1) is 50.8 Å². The molecule has 7 unspecified atom stereocenters. The molecular formula is C24H42N2O4. The number of rotatable bonds is 13. The highest BCUT2D eigenvalue weighted by Crippen LogP contribution is 2.33. The molecule has 30 heavy (non-hydrogen) atoms. The van der Waals surface area contributed by atoms with Crippen LogP contribution < -0.4 is 0 Å². The molecule has 0 aromatic rings. The van der Waals surface area contributed by atoms with Crippen LogP contribution in [0.15, 0.2) is 0 Å². The molecule has 6 heteroatoms. The van der Waals surface area contributed by atoms with E-state index in [1.54, 1.807) is 0 Å². The van der Waals surface area contributed by atoms with E-state index in [4.69, 9.17) is 18.9 Å². The molecule has 1 aliphatic carbocycles. The van der Waals surface area contributed by atoms with Crippen molar-refractivity contribution in [2.75, 3.05) is 65.7 Å². The number of ether oxygens (including phenoxy) is 4. The molecule has 5 fully saturated rings. The number of epoxide rings is 4. The molecule has 0 aromatic heterocycles. The maximum absolute atomic E-state index is 5.54. The number of hydrogen-bond acceptors (Lipinski definition) is 6. The summed E-state index contributed by atoms with van der Waals surface area (Å²) in [5.74, 6) is 2.55. The van der Waals surface area contributed by atoms with Gasteiger partial charge in [0.1, 0.15) is 0 Å². The van der Waals surface area contributed by atoms with Crippen LogP contribution in [0.1, 0.15) is 45.4 Å². The zero-order chi connectivity index (χ0) is 20.3. The van der Waals surface area contributed by atoms with Crippen molar-refractivity contribution >= 4 is 0 Å². The van der Waals surface area contributed by atoms with Crippen LogP contribution in [0.5, 0.6) is 0 Å². The lowest BCUT2D eigenvalue weighted by atomic mass is 9.78. The van der Waals surface area contributed by atoms with Gasteiger partial charge in [0, 0.05) is 32.7 Å². The molecule has 6 nitrogen and oxygen atoms in total. The standard InChI is InChI=1S/C24H42N2O4/c1-18-3-2-4-20(9-26(12-23-16-29-23)13-24-17-30-24)8-19(7-18)5-6-25(10-21-14-27-21)11-22-15-28-22/h18-24H,2-17H2,1H3. The zero-order valence-electron chi connectivity index (χ0n) is 18.9. The lowest BCUT2D eigenvalue weighted by Gasteiger charge is -2.33. The summed E-state index contributed by atoms with van der Waals surface area (Å²) in [7, 11) is 0. The van der Waals surface area contributed by atoms with Crippen molar-refractivity contribution in [3.8, 4) is 0 Å². The highest BCUT2D eigenvalue weighted by atomic mass is 16.6. The number of hydrogen-bond donors (Lipinski definition) is 0. The van der Waals surface area contributed by atoms with Crippen molar-refractivity contribution in [2.24, 2.45) is 17.8 Å². The summed E-state index contributed by atoms with van der Waals surface area (Å²) < 4.78 is 22.1. The lowest BCUT2D eigenvalue weighted by molar-refractivity contribution is 0.145. The van der Waals surface area contributed by atoms with Crippen molar-refractivity contribution in [1.29, 1.82) is 0 Å². The molecule has 1 saturated carbocycles. The molecule has 5 aliphatic rings. The van der Waals surface area contributed by atoms with Crippen LogP contribution in [-0.2, 0) is 18.9 Å². The van der Waals surface area contributed by atoms with Gasteiger partial charge in [-0.15, -0.1) is 0 Å². The van der Waals surface area contributed by atoms with Crippen molar-refractivity contribution in [3.63, 3.8) is 0 Å². The second-order valence-corrected chi connectivity index (χ2v) is 10.8. The fourth-order valence-electron chi connectivity index (χ4n) is 5.59. The van der Waals surface area contributed by atoms with Gasteiger partial charge in [-0.25, -0.2) is 0 Å². The Bertz CT molecular complexity index is 505. The van der Waals surface area contributed by atoms with E-state index in [0.29, 0.717) is 24.4 Å². The van der Waals surface area contributed by atoms with Crippen LogP contribution in [-0.4, -0.2) is 99.9 Å². The summed E-state index contributed by atoms with van der Waals surface area (Å²) in [6.45, 7) is 13.1. The SMILES string of the molecule is CC1CCCC(CN(CC2CO2)CC2CO2)CC(CCN(CC2CO2)CC2CO2)C1. The van der Waals surface area contributed by atoms with Gasteiger partial charge in [-0.2, -0.15) is 0 Å². The molecule has 172 valence electrons. The highest BCUT2D eigenvalue weighted by Gasteiger charge is 2.34. The first-order valence-electron chi connectivity index (χ1n) is 12.6. The van der Waals surface area contributed by atoms with Gasteiger partial charge < -0.3 is 18.9 Å². The van der Waals surface area contributed by atoms with Crippen molar-refractivity contribution in [2.45, 2.75) is 69.9 Å². The Labute approximate surface area is 182 Å². The topological polar surface area (TPSA) is 56.6 Å². The third-order valence-electron chi connectivity index (χ3n) is 7.54. The van der Waals surface area contributed by atoms with E-state index < -0.39 is 0 Å². The molecule has 5 rings (SSSR count). The number of nitrogens with zero attached hydrogens (tertiary/aromatic N) is 2. The van der Waals surface area contributed by atoms with Crippen molar-refractivity contribution < 1.29 is 18.9 Å². The molecule has 0 radical (unpaired) electrons. The largest absolute Gasteiger partial charge is 0.372 e. The molecule has 0 bridgehead atoms. The van der Waals surface area contributed by atoms with Gasteiger partial charge >= 0.3 is 0 Å². The van der Waals surface area contributed by atoms with Crippen LogP contribution in [0.3, 0.4) is 0 Å². The van der Waals surface area contributed by atoms with E-state index in [9.17, 15) is 0 Å². The average molecular weight is 423 g/mol. The quantitative estimate of drug-likeness (QED) is 0.425. The molecule has 4 saturated heterocycles. The molecule has 0 N–H and O–H groups in total. The summed E-state index contributed by atoms with van der Waals surface area (Å²) in [5, 5.41) is 0. The summed E-state index contributed by atoms with van der Waals surface area (Å²) in [6.07, 6.45) is 10.3. The molecule has 0 spiro atoms. The Kier molecular flexibility index (Phi) is 7.30. The van der Waals surface area contributed by atoms with E-state index in [0.717, 1.165) is 70.4 Å². The third kappa shape index (κ3) is 7.72. The Morgan fingerprint density at radius 1 is 0.633 bits per heavy atom. The van der Waals surface area contributed by atoms with Crippen LogP contribution in [0.2, 0.25) is 0 Å². The maximum Gasteiger partial charge on any atom is 0.0936 e. The third-order valence-corrected chi connectivity index (χ3v) is 7.54. The summed E-state index contributed by atoms with van der Waals surface area (Å²) in [6, 6.07) is 0. The first-order valence-corrected chi connectivity index (χ1v) is 12.6. The Balaban J connectivity index is 1.13. The van der Waals surface area contributed by atoms with Crippen LogP contribution >= 0.6 is 0 Å². The van der Waals surface area contributed by atoms with Crippen molar-refractivity contribution in [3.05, 3.63) is 0 Å². The summed E-state index contributed by atoms with van der Waals surface area (Å²) in [4.78, 5) is 5.28. The van der Waals surface area contributed by atoms with E-state index in [-0.39, 0.29) is 0 Å². The van der Waals surface area contributed by atoms with E-state index in [1.165, 1.54) is 51.6 Å². The molecular weight excluding hydrogens is 380 g/mol. The lowest BCUT2D eigenvalue weighted by Crippen LogP contribution is -2.37. The monoisotopic (exact) mass is 422 g/mol. The minimum absolute atomic E-state index is 0.482. The Hall–Kier alpha value is -0.240. The predicted octanol–water partition coefficient (Wildman–Crippen LogP) is 2.41. The minimum Gasteiger partial charge on any atom is -0.372 e. The summed E-state index contributed by atoms with van der Waals surface area (Å²) in [5.41, 5.74) is 0. The highest BCUT2D eigenvalue weighted by molar-refractivity contribution is 4.84. The first kappa shape index (κ1) is 21.6.